The molecule has 0 aliphatic heterocycles. The predicted molar refractivity (Wildman–Crippen MR) is 227 cm³/mol. The highest BCUT2D eigenvalue weighted by Gasteiger charge is 2.33. The summed E-state index contributed by atoms with van der Waals surface area (Å²) in [7, 11) is -2.75. The number of aryl methyl sites for hydroxylation is 1. The summed E-state index contributed by atoms with van der Waals surface area (Å²) in [6.45, 7) is 2.05. The van der Waals surface area contributed by atoms with E-state index < -0.39 is 25.8 Å². The van der Waals surface area contributed by atoms with Gasteiger partial charge in [0, 0.05) is 12.8 Å². The number of ether oxygens (including phenoxy) is 2. The number of nitrogen functional groups attached to an aromatic ring is 1. The molecule has 0 saturated carbocycles. The number of phosphoric ester groups is 1. The van der Waals surface area contributed by atoms with Crippen molar-refractivity contribution in [3.63, 3.8) is 0 Å². The Balaban J connectivity index is 1.32. The number of anilines is 1. The summed E-state index contributed by atoms with van der Waals surface area (Å²) in [5.74, 6) is 0.00336. The fourth-order valence-corrected chi connectivity index (χ4v) is 8.33. The Kier molecular flexibility index (Phi) is 21.5. The van der Waals surface area contributed by atoms with E-state index >= 15 is 0 Å². The standard InChI is InChI=1S/C44H62ClFN5O6P/c1-3-4-5-6-7-8-9-10-11-12-13-14-15-16-17-20-40(54-31-36-27-35(30-47)28-37(46)29-36)33-56-58(52,57-43-22-19-18-21-41(43)45)55-32-39(53-2)25-23-38-24-26-42-44(48)49-34-50-51(38)42/h18-19,21-22,24,26-29,34,39-40H,3-17,20,23,25,31-33H2,1-2H3,(H2,48,49,50)/t39-,40+,58?/m0/s1. The summed E-state index contributed by atoms with van der Waals surface area (Å²) in [6, 6.07) is 16.5. The van der Waals surface area contributed by atoms with E-state index in [1.54, 1.807) is 42.0 Å². The lowest BCUT2D eigenvalue weighted by molar-refractivity contribution is -0.0114. The van der Waals surface area contributed by atoms with Crippen LogP contribution in [0, 0.1) is 17.1 Å². The van der Waals surface area contributed by atoms with Crippen LogP contribution in [0.15, 0.2) is 60.9 Å². The molecule has 58 heavy (non-hydrogen) atoms. The van der Waals surface area contributed by atoms with Crippen molar-refractivity contribution in [3.05, 3.63) is 88.6 Å². The summed E-state index contributed by atoms with van der Waals surface area (Å²) < 4.78 is 60.1. The van der Waals surface area contributed by atoms with Gasteiger partial charge < -0.3 is 19.7 Å². The molecule has 2 heterocycles. The van der Waals surface area contributed by atoms with Crippen molar-refractivity contribution in [1.29, 1.82) is 5.26 Å². The van der Waals surface area contributed by atoms with Crippen molar-refractivity contribution >= 4 is 30.8 Å². The maximum atomic E-state index is 14.4. The molecule has 11 nitrogen and oxygen atoms in total. The Labute approximate surface area is 349 Å². The van der Waals surface area contributed by atoms with Crippen LogP contribution in [0.3, 0.4) is 0 Å². The van der Waals surface area contributed by atoms with E-state index in [4.69, 9.17) is 40.4 Å². The fourth-order valence-electron chi connectivity index (χ4n) is 6.82. The van der Waals surface area contributed by atoms with Crippen molar-refractivity contribution in [3.8, 4) is 11.8 Å². The fraction of sp³-hybridized carbons (Fsp3) is 0.568. The third-order valence-corrected chi connectivity index (χ3v) is 11.9. The lowest BCUT2D eigenvalue weighted by Gasteiger charge is -2.24. The van der Waals surface area contributed by atoms with E-state index in [0.29, 0.717) is 36.2 Å². The largest absolute Gasteiger partial charge is 0.530 e. The quantitative estimate of drug-likeness (QED) is 0.0384. The Morgan fingerprint density at radius 1 is 0.862 bits per heavy atom. The van der Waals surface area contributed by atoms with Crippen LogP contribution in [0.4, 0.5) is 10.2 Å². The highest BCUT2D eigenvalue weighted by molar-refractivity contribution is 7.48. The number of unbranched alkanes of at least 4 members (excludes halogenated alkanes) is 14. The molecule has 0 aliphatic carbocycles. The molecule has 4 rings (SSSR count). The van der Waals surface area contributed by atoms with Gasteiger partial charge in [0.1, 0.15) is 23.4 Å². The van der Waals surface area contributed by atoms with Gasteiger partial charge in [-0.05, 0) is 67.3 Å². The molecular weight excluding hydrogens is 780 g/mol. The Bertz CT molecular complexity index is 1880. The molecule has 4 aromatic rings. The number of methoxy groups -OCH3 is 1. The maximum absolute atomic E-state index is 14.4. The van der Waals surface area contributed by atoms with Crippen molar-refractivity contribution in [2.75, 3.05) is 26.1 Å². The van der Waals surface area contributed by atoms with Gasteiger partial charge >= 0.3 is 7.82 Å². The van der Waals surface area contributed by atoms with Crippen LogP contribution < -0.4 is 10.3 Å². The number of aromatic nitrogens is 3. The molecule has 1 unspecified atom stereocenters. The molecule has 318 valence electrons. The molecule has 0 bridgehead atoms. The minimum absolute atomic E-state index is 0.0342. The number of nitrogens with zero attached hydrogens (tertiary/aromatic N) is 4. The van der Waals surface area contributed by atoms with Crippen molar-refractivity contribution in [2.45, 2.75) is 141 Å². The minimum Gasteiger partial charge on any atom is -0.402 e. The Morgan fingerprint density at radius 3 is 2.14 bits per heavy atom. The highest BCUT2D eigenvalue weighted by atomic mass is 35.5. The minimum atomic E-state index is -4.30. The number of nitriles is 1. The van der Waals surface area contributed by atoms with Gasteiger partial charge in [-0.25, -0.2) is 18.5 Å². The maximum Gasteiger partial charge on any atom is 0.530 e. The first-order valence-corrected chi connectivity index (χ1v) is 22.8. The molecule has 0 radical (unpaired) electrons. The number of nitrogens with two attached hydrogens (primary N) is 1. The van der Waals surface area contributed by atoms with Gasteiger partial charge in [-0.2, -0.15) is 10.4 Å². The predicted octanol–water partition coefficient (Wildman–Crippen LogP) is 12.0. The zero-order chi connectivity index (χ0) is 41.4. The summed E-state index contributed by atoms with van der Waals surface area (Å²) in [4.78, 5) is 4.04. The van der Waals surface area contributed by atoms with Crippen LogP contribution in [0.2, 0.25) is 5.02 Å². The summed E-state index contributed by atoms with van der Waals surface area (Å²) in [6.07, 6.45) is 20.8. The number of para-hydroxylation sites is 1. The lowest BCUT2D eigenvalue weighted by atomic mass is 10.0. The molecule has 2 aromatic heterocycles. The summed E-state index contributed by atoms with van der Waals surface area (Å²) >= 11 is 6.40. The molecule has 3 atom stereocenters. The smallest absolute Gasteiger partial charge is 0.402 e. The number of benzene rings is 2. The molecule has 14 heteroatoms. The van der Waals surface area contributed by atoms with Crippen LogP contribution in [0.1, 0.15) is 133 Å². The Morgan fingerprint density at radius 2 is 1.50 bits per heavy atom. The van der Waals surface area contributed by atoms with Crippen molar-refractivity contribution in [1.82, 2.24) is 14.6 Å². The van der Waals surface area contributed by atoms with E-state index in [-0.39, 0.29) is 36.2 Å². The molecule has 0 fully saturated rings. The normalized spacial score (nSPS) is 13.6. The average Bonchev–Trinajstić information content (AvgIpc) is 3.65. The van der Waals surface area contributed by atoms with E-state index in [9.17, 15) is 14.2 Å². The number of hydrogen-bond acceptors (Lipinski definition) is 10. The third-order valence-electron chi connectivity index (χ3n) is 10.2. The summed E-state index contributed by atoms with van der Waals surface area (Å²) in [5, 5.41) is 13.9. The van der Waals surface area contributed by atoms with Gasteiger partial charge in [0.25, 0.3) is 0 Å². The first kappa shape index (κ1) is 47.1. The van der Waals surface area contributed by atoms with E-state index in [1.165, 1.54) is 95.5 Å². The van der Waals surface area contributed by atoms with Gasteiger partial charge in [0.15, 0.2) is 5.82 Å². The Hall–Kier alpha value is -3.56. The highest BCUT2D eigenvalue weighted by Crippen LogP contribution is 2.51. The van der Waals surface area contributed by atoms with Gasteiger partial charge in [-0.1, -0.05) is 127 Å². The van der Waals surface area contributed by atoms with Gasteiger partial charge in [-0.15, -0.1) is 0 Å². The number of fused-ring (bicyclic) bond motifs is 1. The second-order valence-electron chi connectivity index (χ2n) is 14.9. The first-order valence-electron chi connectivity index (χ1n) is 21.0. The molecule has 0 aliphatic rings. The SMILES string of the molecule is CCCCCCCCCCCCCCCCC[C@H](COP(=O)(OC[C@H](CCc1ccc2c(N)ncnn12)OC)Oc1ccccc1Cl)OCc1cc(F)cc(C#N)c1. The summed E-state index contributed by atoms with van der Waals surface area (Å²) in [5.41, 5.74) is 8.32. The van der Waals surface area contributed by atoms with Crippen LogP contribution in [-0.4, -0.2) is 47.1 Å². The number of phosphoric acid groups is 1. The number of halogens is 2. The van der Waals surface area contributed by atoms with E-state index in [0.717, 1.165) is 25.0 Å². The average molecular weight is 842 g/mol. The lowest BCUT2D eigenvalue weighted by Crippen LogP contribution is -2.23. The van der Waals surface area contributed by atoms with Gasteiger partial charge in [0.2, 0.25) is 0 Å². The monoisotopic (exact) mass is 841 g/mol. The molecule has 0 saturated heterocycles. The van der Waals surface area contributed by atoms with Crippen molar-refractivity contribution < 1.29 is 32.0 Å². The zero-order valence-corrected chi connectivity index (χ0v) is 35.9. The third kappa shape index (κ3) is 17.0. The van der Waals surface area contributed by atoms with Crippen LogP contribution in [-0.2, 0) is 36.1 Å². The topological polar surface area (TPSA) is 143 Å². The molecule has 2 aromatic carbocycles. The molecule has 0 amide bonds. The molecule has 0 spiro atoms. The van der Waals surface area contributed by atoms with Crippen molar-refractivity contribution in [2.24, 2.45) is 0 Å². The molecule has 2 N–H and O–H groups in total. The number of rotatable bonds is 31. The van der Waals surface area contributed by atoms with E-state index in [1.807, 2.05) is 18.2 Å². The van der Waals surface area contributed by atoms with Gasteiger partial charge in [0.05, 0.1) is 48.7 Å². The van der Waals surface area contributed by atoms with Crippen LogP contribution in [0.5, 0.6) is 5.75 Å². The first-order chi connectivity index (χ1) is 28.2. The molecular formula is C44H62ClFN5O6P. The van der Waals surface area contributed by atoms with Gasteiger partial charge in [-0.3, -0.25) is 9.05 Å². The second kappa shape index (κ2) is 26.5. The van der Waals surface area contributed by atoms with Crippen LogP contribution >= 0.6 is 19.4 Å². The van der Waals surface area contributed by atoms with Crippen LogP contribution in [0.25, 0.3) is 5.52 Å². The number of hydrogen-bond donors (Lipinski definition) is 1. The van der Waals surface area contributed by atoms with E-state index in [2.05, 4.69) is 17.0 Å². The second-order valence-corrected chi connectivity index (χ2v) is 16.9. The zero-order valence-electron chi connectivity index (χ0n) is 34.3.